The van der Waals surface area contributed by atoms with Gasteiger partial charge in [0.15, 0.2) is 0 Å². The van der Waals surface area contributed by atoms with Gasteiger partial charge in [-0.3, -0.25) is 14.4 Å². The molecule has 0 aliphatic carbocycles. The molecule has 7 heteroatoms. The van der Waals surface area contributed by atoms with Gasteiger partial charge in [0.1, 0.15) is 6.04 Å². The number of amides is 3. The second-order valence-electron chi connectivity index (χ2n) is 7.47. The van der Waals surface area contributed by atoms with E-state index in [2.05, 4.69) is 21.2 Å². The Morgan fingerprint density at radius 1 is 0.938 bits per heavy atom. The maximum atomic E-state index is 13.3. The van der Waals surface area contributed by atoms with Crippen LogP contribution in [0.25, 0.3) is 0 Å². The van der Waals surface area contributed by atoms with Crippen LogP contribution < -0.4 is 11.1 Å². The average molecular weight is 494 g/mol. The fourth-order valence-corrected chi connectivity index (χ4v) is 3.59. The van der Waals surface area contributed by atoms with E-state index >= 15 is 0 Å². The Hall–Kier alpha value is -3.45. The van der Waals surface area contributed by atoms with Gasteiger partial charge < -0.3 is 16.0 Å². The van der Waals surface area contributed by atoms with Gasteiger partial charge in [-0.1, -0.05) is 70.5 Å². The first-order chi connectivity index (χ1) is 15.3. The summed E-state index contributed by atoms with van der Waals surface area (Å²) < 4.78 is 0.932. The van der Waals surface area contributed by atoms with E-state index < -0.39 is 11.9 Å². The third-order valence-electron chi connectivity index (χ3n) is 4.97. The highest BCUT2D eigenvalue weighted by Gasteiger charge is 2.26. The van der Waals surface area contributed by atoms with Crippen molar-refractivity contribution in [3.63, 3.8) is 0 Å². The molecule has 3 rings (SSSR count). The van der Waals surface area contributed by atoms with E-state index in [1.807, 2.05) is 60.7 Å². The molecular weight excluding hydrogens is 470 g/mol. The van der Waals surface area contributed by atoms with E-state index in [-0.39, 0.29) is 24.8 Å². The molecule has 1 unspecified atom stereocenters. The third kappa shape index (κ3) is 6.28. The summed E-state index contributed by atoms with van der Waals surface area (Å²) in [6, 6.07) is 22.6. The van der Waals surface area contributed by atoms with Gasteiger partial charge >= 0.3 is 0 Å². The molecule has 0 saturated carbocycles. The quantitative estimate of drug-likeness (QED) is 0.501. The molecular formula is C25H24BrN3O3. The molecule has 0 aromatic heterocycles. The van der Waals surface area contributed by atoms with Crippen LogP contribution in [-0.4, -0.2) is 29.7 Å². The van der Waals surface area contributed by atoms with Crippen LogP contribution >= 0.6 is 15.9 Å². The number of nitrogens with two attached hydrogens (primary N) is 1. The molecule has 0 saturated heterocycles. The summed E-state index contributed by atoms with van der Waals surface area (Å²) >= 11 is 3.38. The normalized spacial score (nSPS) is 11.4. The minimum absolute atomic E-state index is 0.161. The van der Waals surface area contributed by atoms with Crippen molar-refractivity contribution < 1.29 is 14.4 Å². The Labute approximate surface area is 195 Å². The summed E-state index contributed by atoms with van der Waals surface area (Å²) in [7, 11) is 1.66. The van der Waals surface area contributed by atoms with Gasteiger partial charge in [0.2, 0.25) is 17.7 Å². The number of primary amides is 1. The molecule has 0 aliphatic heterocycles. The van der Waals surface area contributed by atoms with Gasteiger partial charge in [-0.05, 0) is 41.0 Å². The Morgan fingerprint density at radius 2 is 1.62 bits per heavy atom. The van der Waals surface area contributed by atoms with Gasteiger partial charge in [0, 0.05) is 23.6 Å². The number of nitrogens with one attached hydrogen (secondary N) is 1. The lowest BCUT2D eigenvalue weighted by Gasteiger charge is -2.25. The topological polar surface area (TPSA) is 92.5 Å². The number of hydrogen-bond acceptors (Lipinski definition) is 3. The second kappa shape index (κ2) is 10.7. The number of hydrogen-bond donors (Lipinski definition) is 2. The number of carbonyl (C=O) groups excluding carboxylic acids is 3. The molecule has 32 heavy (non-hydrogen) atoms. The van der Waals surface area contributed by atoms with Gasteiger partial charge in [0.25, 0.3) is 0 Å². The van der Waals surface area contributed by atoms with Crippen molar-refractivity contribution in [1.82, 2.24) is 10.2 Å². The summed E-state index contributed by atoms with van der Waals surface area (Å²) in [5.41, 5.74) is 8.05. The van der Waals surface area contributed by atoms with E-state index in [4.69, 9.17) is 5.73 Å². The lowest BCUT2D eigenvalue weighted by molar-refractivity contribution is -0.135. The van der Waals surface area contributed by atoms with Crippen LogP contribution in [0.3, 0.4) is 0 Å². The van der Waals surface area contributed by atoms with E-state index in [0.717, 1.165) is 15.6 Å². The highest BCUT2D eigenvalue weighted by Crippen LogP contribution is 2.18. The van der Waals surface area contributed by atoms with Crippen molar-refractivity contribution in [3.05, 3.63) is 106 Å². The Kier molecular flexibility index (Phi) is 7.78. The van der Waals surface area contributed by atoms with Gasteiger partial charge in [-0.2, -0.15) is 0 Å². The highest BCUT2D eigenvalue weighted by atomic mass is 79.9. The molecule has 0 radical (unpaired) electrons. The number of likely N-dealkylation sites (N-methyl/N-ethyl adjacent to an activating group) is 1. The predicted octanol–water partition coefficient (Wildman–Crippen LogP) is 3.61. The van der Waals surface area contributed by atoms with Crippen LogP contribution in [0.4, 0.5) is 0 Å². The van der Waals surface area contributed by atoms with Crippen molar-refractivity contribution in [1.29, 1.82) is 0 Å². The minimum atomic E-state index is -0.830. The van der Waals surface area contributed by atoms with Crippen LogP contribution in [-0.2, 0) is 22.6 Å². The summed E-state index contributed by atoms with van der Waals surface area (Å²) in [4.78, 5) is 39.0. The fourth-order valence-electron chi connectivity index (χ4n) is 3.33. The van der Waals surface area contributed by atoms with Crippen LogP contribution in [0.5, 0.6) is 0 Å². The average Bonchev–Trinajstić information content (AvgIpc) is 2.79. The monoisotopic (exact) mass is 493 g/mol. The minimum Gasteiger partial charge on any atom is -0.366 e. The van der Waals surface area contributed by atoms with Crippen LogP contribution in [0.1, 0.15) is 33.1 Å². The SMILES string of the molecule is CN(Cc1cccc(C(N)=O)c1)C(=O)C(NC(=O)Cc1ccc(Br)cc1)c1ccccc1. The molecule has 0 fully saturated rings. The first kappa shape index (κ1) is 23.2. The maximum absolute atomic E-state index is 13.3. The number of benzene rings is 3. The molecule has 3 N–H and O–H groups in total. The number of carbonyl (C=O) groups is 3. The largest absolute Gasteiger partial charge is 0.366 e. The number of halogens is 1. The summed E-state index contributed by atoms with van der Waals surface area (Å²) in [5.74, 6) is -1.04. The molecule has 0 bridgehead atoms. The molecule has 0 heterocycles. The molecule has 164 valence electrons. The Balaban J connectivity index is 1.76. The van der Waals surface area contributed by atoms with Crippen molar-refractivity contribution >= 4 is 33.7 Å². The fraction of sp³-hybridized carbons (Fsp3) is 0.160. The first-order valence-corrected chi connectivity index (χ1v) is 10.9. The van der Waals surface area contributed by atoms with E-state index in [9.17, 15) is 14.4 Å². The molecule has 0 aliphatic rings. The van der Waals surface area contributed by atoms with Crippen molar-refractivity contribution in [2.75, 3.05) is 7.05 Å². The van der Waals surface area contributed by atoms with Crippen LogP contribution in [0.2, 0.25) is 0 Å². The second-order valence-corrected chi connectivity index (χ2v) is 8.39. The molecule has 1 atom stereocenters. The zero-order valence-electron chi connectivity index (χ0n) is 17.6. The first-order valence-electron chi connectivity index (χ1n) is 10.1. The molecule has 3 aromatic carbocycles. The lowest BCUT2D eigenvalue weighted by Crippen LogP contribution is -2.41. The summed E-state index contributed by atoms with van der Waals surface area (Å²) in [6.45, 7) is 0.270. The zero-order chi connectivity index (χ0) is 23.1. The zero-order valence-corrected chi connectivity index (χ0v) is 19.2. The highest BCUT2D eigenvalue weighted by molar-refractivity contribution is 9.10. The van der Waals surface area contributed by atoms with Crippen molar-refractivity contribution in [2.24, 2.45) is 5.73 Å². The number of rotatable bonds is 8. The van der Waals surface area contributed by atoms with E-state index in [0.29, 0.717) is 11.1 Å². The van der Waals surface area contributed by atoms with Crippen molar-refractivity contribution in [3.8, 4) is 0 Å². The van der Waals surface area contributed by atoms with Crippen LogP contribution in [0, 0.1) is 0 Å². The summed E-state index contributed by atoms with van der Waals surface area (Å²) in [5, 5.41) is 2.88. The molecule has 0 spiro atoms. The van der Waals surface area contributed by atoms with Gasteiger partial charge in [-0.15, -0.1) is 0 Å². The Morgan fingerprint density at radius 3 is 2.28 bits per heavy atom. The molecule has 6 nitrogen and oxygen atoms in total. The lowest BCUT2D eigenvalue weighted by atomic mass is 10.0. The predicted molar refractivity (Wildman–Crippen MR) is 127 cm³/mol. The number of nitrogens with zero attached hydrogens (tertiary/aromatic N) is 1. The van der Waals surface area contributed by atoms with Gasteiger partial charge in [-0.25, -0.2) is 0 Å². The molecule has 3 amide bonds. The third-order valence-corrected chi connectivity index (χ3v) is 5.50. The van der Waals surface area contributed by atoms with E-state index in [1.165, 1.54) is 4.90 Å². The smallest absolute Gasteiger partial charge is 0.249 e. The molecule has 3 aromatic rings. The maximum Gasteiger partial charge on any atom is 0.249 e. The van der Waals surface area contributed by atoms with Gasteiger partial charge in [0.05, 0.1) is 6.42 Å². The van der Waals surface area contributed by atoms with Crippen LogP contribution in [0.15, 0.2) is 83.3 Å². The summed E-state index contributed by atoms with van der Waals surface area (Å²) in [6.07, 6.45) is 0.161. The Bertz CT molecular complexity index is 1100. The van der Waals surface area contributed by atoms with E-state index in [1.54, 1.807) is 25.2 Å². The standard InChI is InChI=1S/C25H24BrN3O3/c1-29(16-18-6-5-9-20(14-18)24(27)31)25(32)23(19-7-3-2-4-8-19)28-22(30)15-17-10-12-21(26)13-11-17/h2-14,23H,15-16H2,1H3,(H2,27,31)(H,28,30). The van der Waals surface area contributed by atoms with Crippen molar-refractivity contribution in [2.45, 2.75) is 19.0 Å².